The van der Waals surface area contributed by atoms with Gasteiger partial charge in [-0.1, -0.05) is 12.1 Å². The molecule has 0 bridgehead atoms. The molecule has 2 aliphatic rings. The van der Waals surface area contributed by atoms with E-state index < -0.39 is 10.0 Å². The summed E-state index contributed by atoms with van der Waals surface area (Å²) in [4.78, 5) is 19.3. The SMILES string of the molecule is COCCN1Cc2c(C(=O)N3CCCC3)ncn2-c2ccccc2S1(=O)=O. The fourth-order valence-corrected chi connectivity index (χ4v) is 5.21. The van der Waals surface area contributed by atoms with E-state index in [1.807, 2.05) is 0 Å². The lowest BCUT2D eigenvalue weighted by Crippen LogP contribution is -2.34. The minimum atomic E-state index is -3.71. The van der Waals surface area contributed by atoms with Crippen LogP contribution < -0.4 is 0 Å². The lowest BCUT2D eigenvalue weighted by molar-refractivity contribution is 0.0785. The maximum atomic E-state index is 13.2. The van der Waals surface area contributed by atoms with Gasteiger partial charge in [0.2, 0.25) is 10.0 Å². The van der Waals surface area contributed by atoms with Crippen LogP contribution in [-0.2, 0) is 21.3 Å². The molecule has 4 rings (SSSR count). The zero-order valence-electron chi connectivity index (χ0n) is 15.2. The minimum Gasteiger partial charge on any atom is -0.383 e. The van der Waals surface area contributed by atoms with Crippen LogP contribution in [0.2, 0.25) is 0 Å². The number of methoxy groups -OCH3 is 1. The normalized spacial score (nSPS) is 18.8. The Labute approximate surface area is 158 Å². The van der Waals surface area contributed by atoms with Crippen LogP contribution in [0.25, 0.3) is 5.69 Å². The molecule has 1 fully saturated rings. The molecule has 1 aromatic carbocycles. The van der Waals surface area contributed by atoms with E-state index in [0.29, 0.717) is 30.2 Å². The largest absolute Gasteiger partial charge is 0.383 e. The summed E-state index contributed by atoms with van der Waals surface area (Å²) in [6.45, 7) is 1.98. The van der Waals surface area contributed by atoms with Crippen LogP contribution in [0.4, 0.5) is 0 Å². The maximum absolute atomic E-state index is 13.2. The van der Waals surface area contributed by atoms with Gasteiger partial charge < -0.3 is 9.64 Å². The molecule has 27 heavy (non-hydrogen) atoms. The van der Waals surface area contributed by atoms with Crippen LogP contribution in [0.1, 0.15) is 29.0 Å². The van der Waals surface area contributed by atoms with Crippen LogP contribution in [-0.4, -0.2) is 66.4 Å². The van der Waals surface area contributed by atoms with E-state index in [2.05, 4.69) is 4.98 Å². The number of amides is 1. The molecule has 1 saturated heterocycles. The number of likely N-dealkylation sites (tertiary alicyclic amines) is 1. The third kappa shape index (κ3) is 3.05. The standard InChI is InChI=1S/C18H22N4O4S/c1-26-11-10-21-12-15-17(18(23)20-8-4-5-9-20)19-13-22(15)14-6-2-3-7-16(14)27(21,24)25/h2-3,6-7,13H,4-5,8-12H2,1H3. The fourth-order valence-electron chi connectivity index (χ4n) is 3.64. The number of para-hydroxylation sites is 1. The van der Waals surface area contributed by atoms with E-state index in [1.54, 1.807) is 40.1 Å². The van der Waals surface area contributed by atoms with Gasteiger partial charge in [-0.3, -0.25) is 9.36 Å². The zero-order chi connectivity index (χ0) is 19.0. The molecule has 2 aromatic rings. The minimum absolute atomic E-state index is 0.0787. The van der Waals surface area contributed by atoms with Gasteiger partial charge in [-0.05, 0) is 25.0 Å². The first-order valence-electron chi connectivity index (χ1n) is 8.98. The molecule has 8 nitrogen and oxygen atoms in total. The number of imidazole rings is 1. The summed E-state index contributed by atoms with van der Waals surface area (Å²) >= 11 is 0. The van der Waals surface area contributed by atoms with E-state index >= 15 is 0 Å². The van der Waals surface area contributed by atoms with Crippen LogP contribution in [0.15, 0.2) is 35.5 Å². The average molecular weight is 390 g/mol. The van der Waals surface area contributed by atoms with Gasteiger partial charge in [0.25, 0.3) is 5.91 Å². The molecular weight excluding hydrogens is 368 g/mol. The van der Waals surface area contributed by atoms with Crippen molar-refractivity contribution in [2.75, 3.05) is 33.4 Å². The predicted octanol–water partition coefficient (Wildman–Crippen LogP) is 1.26. The maximum Gasteiger partial charge on any atom is 0.274 e. The Hall–Kier alpha value is -2.23. The van der Waals surface area contributed by atoms with Crippen molar-refractivity contribution < 1.29 is 17.9 Å². The molecule has 0 aliphatic carbocycles. The number of benzene rings is 1. The Balaban J connectivity index is 1.84. The molecule has 0 atom stereocenters. The molecule has 9 heteroatoms. The van der Waals surface area contributed by atoms with Gasteiger partial charge in [-0.15, -0.1) is 0 Å². The highest BCUT2D eigenvalue weighted by atomic mass is 32.2. The van der Waals surface area contributed by atoms with Gasteiger partial charge in [0.15, 0.2) is 5.69 Å². The van der Waals surface area contributed by atoms with Crippen molar-refractivity contribution in [1.82, 2.24) is 18.8 Å². The number of rotatable bonds is 4. The Kier molecular flexibility index (Phi) is 4.75. The molecule has 2 aliphatic heterocycles. The number of sulfonamides is 1. The molecule has 1 amide bonds. The number of ether oxygens (including phenoxy) is 1. The third-order valence-electron chi connectivity index (χ3n) is 5.08. The summed E-state index contributed by atoms with van der Waals surface area (Å²) in [5.41, 5.74) is 1.43. The van der Waals surface area contributed by atoms with Crippen molar-refractivity contribution in [3.05, 3.63) is 42.0 Å². The highest BCUT2D eigenvalue weighted by molar-refractivity contribution is 7.89. The Morgan fingerprint density at radius 1 is 1.22 bits per heavy atom. The number of carbonyl (C=O) groups excluding carboxylic acids is 1. The lowest BCUT2D eigenvalue weighted by atomic mass is 10.2. The smallest absolute Gasteiger partial charge is 0.274 e. The molecule has 0 N–H and O–H groups in total. The number of fused-ring (bicyclic) bond motifs is 3. The van der Waals surface area contributed by atoms with Crippen molar-refractivity contribution >= 4 is 15.9 Å². The third-order valence-corrected chi connectivity index (χ3v) is 6.97. The molecule has 3 heterocycles. The van der Waals surface area contributed by atoms with Crippen LogP contribution in [0.5, 0.6) is 0 Å². The summed E-state index contributed by atoms with van der Waals surface area (Å²) in [6.07, 6.45) is 3.52. The van der Waals surface area contributed by atoms with Gasteiger partial charge >= 0.3 is 0 Å². The van der Waals surface area contributed by atoms with Gasteiger partial charge in [0, 0.05) is 26.7 Å². The van der Waals surface area contributed by atoms with Crippen molar-refractivity contribution in [3.8, 4) is 5.69 Å². The molecule has 0 saturated carbocycles. The first kappa shape index (κ1) is 18.1. The Morgan fingerprint density at radius 3 is 2.70 bits per heavy atom. The molecular formula is C18H22N4O4S. The molecule has 0 unspecified atom stereocenters. The summed E-state index contributed by atoms with van der Waals surface area (Å²) in [7, 11) is -2.18. The van der Waals surface area contributed by atoms with Crippen molar-refractivity contribution in [3.63, 3.8) is 0 Å². The quantitative estimate of drug-likeness (QED) is 0.785. The van der Waals surface area contributed by atoms with E-state index in [4.69, 9.17) is 4.74 Å². The van der Waals surface area contributed by atoms with Crippen LogP contribution >= 0.6 is 0 Å². The lowest BCUT2D eigenvalue weighted by Gasteiger charge is -2.20. The van der Waals surface area contributed by atoms with E-state index in [9.17, 15) is 13.2 Å². The highest BCUT2D eigenvalue weighted by Crippen LogP contribution is 2.31. The number of nitrogens with zero attached hydrogens (tertiary/aromatic N) is 4. The second kappa shape index (κ2) is 7.06. The monoisotopic (exact) mass is 390 g/mol. The number of carbonyl (C=O) groups is 1. The topological polar surface area (TPSA) is 84.7 Å². The van der Waals surface area contributed by atoms with E-state index in [1.165, 1.54) is 11.4 Å². The number of hydrogen-bond donors (Lipinski definition) is 0. The molecule has 0 spiro atoms. The summed E-state index contributed by atoms with van der Waals surface area (Å²) in [6, 6.07) is 6.80. The van der Waals surface area contributed by atoms with Crippen LogP contribution in [0.3, 0.4) is 0 Å². The molecule has 0 radical (unpaired) electrons. The van der Waals surface area contributed by atoms with Gasteiger partial charge in [0.1, 0.15) is 11.2 Å². The van der Waals surface area contributed by atoms with Gasteiger partial charge in [0.05, 0.1) is 24.5 Å². The van der Waals surface area contributed by atoms with Gasteiger partial charge in [-0.25, -0.2) is 13.4 Å². The number of hydrogen-bond acceptors (Lipinski definition) is 5. The first-order chi connectivity index (χ1) is 13.0. The van der Waals surface area contributed by atoms with Gasteiger partial charge in [-0.2, -0.15) is 4.31 Å². The second-order valence-corrected chi connectivity index (χ2v) is 8.61. The zero-order valence-corrected chi connectivity index (χ0v) is 16.0. The van der Waals surface area contributed by atoms with E-state index in [0.717, 1.165) is 12.8 Å². The fraction of sp³-hybridized carbons (Fsp3) is 0.444. The molecule has 144 valence electrons. The summed E-state index contributed by atoms with van der Waals surface area (Å²) < 4.78 is 34.5. The summed E-state index contributed by atoms with van der Waals surface area (Å²) in [5.74, 6) is -0.135. The first-order valence-corrected chi connectivity index (χ1v) is 10.4. The predicted molar refractivity (Wildman–Crippen MR) is 98.2 cm³/mol. The Bertz CT molecular complexity index is 963. The van der Waals surface area contributed by atoms with Crippen molar-refractivity contribution in [2.45, 2.75) is 24.3 Å². The number of aromatic nitrogens is 2. The van der Waals surface area contributed by atoms with Crippen molar-refractivity contribution in [1.29, 1.82) is 0 Å². The highest BCUT2D eigenvalue weighted by Gasteiger charge is 2.35. The Morgan fingerprint density at radius 2 is 1.96 bits per heavy atom. The average Bonchev–Trinajstić information content (AvgIpc) is 3.32. The summed E-state index contributed by atoms with van der Waals surface area (Å²) in [5, 5.41) is 0. The van der Waals surface area contributed by atoms with Crippen LogP contribution in [0, 0.1) is 0 Å². The van der Waals surface area contributed by atoms with E-state index in [-0.39, 0.29) is 30.5 Å². The molecule has 1 aromatic heterocycles. The van der Waals surface area contributed by atoms with Crippen molar-refractivity contribution in [2.24, 2.45) is 0 Å². The second-order valence-electron chi connectivity index (χ2n) is 6.71.